The zero-order valence-corrected chi connectivity index (χ0v) is 53.1. The highest BCUT2D eigenvalue weighted by Crippen LogP contribution is 2.32. The number of ether oxygens (including phenoxy) is 1. The predicted molar refractivity (Wildman–Crippen MR) is 329 cm³/mol. The van der Waals surface area contributed by atoms with Crippen LogP contribution in [-0.2, 0) is 49.5 Å². The fourth-order valence-electron chi connectivity index (χ4n) is 10.5. The number of urea groups is 1. The molecule has 4 rings (SSSR count). The Hall–Kier alpha value is -7.48. The summed E-state index contributed by atoms with van der Waals surface area (Å²) in [4.78, 5) is 153. The molecule has 0 saturated carbocycles. The van der Waals surface area contributed by atoms with Crippen molar-refractivity contribution in [2.75, 3.05) is 45.6 Å². The van der Waals surface area contributed by atoms with E-state index >= 15 is 0 Å². The highest BCUT2D eigenvalue weighted by atomic mass is 32.1. The maximum Gasteiger partial charge on any atom is 0.407 e. The van der Waals surface area contributed by atoms with E-state index in [9.17, 15) is 57.8 Å². The van der Waals surface area contributed by atoms with Crippen LogP contribution in [0.25, 0.3) is 0 Å². The number of hydrogen-bond donors (Lipinski definition) is 9. The summed E-state index contributed by atoms with van der Waals surface area (Å²) < 4.78 is 5.94. The molecule has 1 aromatic carbocycles. The lowest BCUT2D eigenvalue weighted by molar-refractivity contribution is -0.143. The largest absolute Gasteiger partial charge is 0.481 e. The Labute approximate surface area is 515 Å². The van der Waals surface area contributed by atoms with Gasteiger partial charge in [-0.15, -0.1) is 11.3 Å². The number of likely N-dealkylation sites (N-methyl/N-ethyl adjacent to an activating group) is 1. The van der Waals surface area contributed by atoms with Gasteiger partial charge in [0.2, 0.25) is 29.5 Å². The Bertz CT molecular complexity index is 2690. The molecule has 87 heavy (non-hydrogen) atoms. The molecule has 9 atom stereocenters. The first-order valence-corrected chi connectivity index (χ1v) is 31.4. The van der Waals surface area contributed by atoms with Crippen molar-refractivity contribution in [1.82, 2.24) is 51.6 Å². The summed E-state index contributed by atoms with van der Waals surface area (Å²) in [5.74, 6) is -6.04. The first kappa shape index (κ1) is 72.0. The number of carbonyl (C=O) groups excluding carboxylic acids is 10. The fraction of sp³-hybridized carbons (Fsp3) is 0.639. The van der Waals surface area contributed by atoms with Crippen molar-refractivity contribution in [3.8, 4) is 0 Å². The molecule has 0 spiro atoms. The van der Waals surface area contributed by atoms with Gasteiger partial charge < -0.3 is 57.7 Å². The number of carboxylic acid groups (broad SMARTS) is 1. The lowest BCUT2D eigenvalue weighted by Crippen LogP contribution is -2.58. The lowest BCUT2D eigenvalue weighted by Gasteiger charge is -2.40. The van der Waals surface area contributed by atoms with E-state index in [1.54, 1.807) is 43.0 Å². The minimum atomic E-state index is -1.12. The molecule has 11 amide bonds. The third-order valence-electron chi connectivity index (χ3n) is 15.9. The second kappa shape index (κ2) is 36.0. The third-order valence-corrected chi connectivity index (χ3v) is 16.8. The number of nitrogens with one attached hydrogen (secondary N) is 7. The summed E-state index contributed by atoms with van der Waals surface area (Å²) in [6.07, 6.45) is 6.74. The van der Waals surface area contributed by atoms with Crippen LogP contribution in [0.1, 0.15) is 166 Å². The summed E-state index contributed by atoms with van der Waals surface area (Å²) >= 11 is 1.09. The van der Waals surface area contributed by atoms with E-state index in [0.717, 1.165) is 35.6 Å². The summed E-state index contributed by atoms with van der Waals surface area (Å²) in [5, 5.41) is 31.1. The molecule has 10 N–H and O–H groups in total. The van der Waals surface area contributed by atoms with E-state index in [2.05, 4.69) is 42.2 Å². The number of carbonyl (C=O) groups is 11. The molecule has 26 heteroatoms. The third kappa shape index (κ3) is 23.0. The molecular weight excluding hydrogens is 1140 g/mol. The lowest BCUT2D eigenvalue weighted by atomic mass is 9.92. The second-order valence-corrected chi connectivity index (χ2v) is 24.3. The minimum absolute atomic E-state index is 0.00617. The molecule has 1 saturated heterocycles. The van der Waals surface area contributed by atoms with Gasteiger partial charge in [0.15, 0.2) is 6.10 Å². The second-order valence-electron chi connectivity index (χ2n) is 23.4. The zero-order valence-electron chi connectivity index (χ0n) is 52.2. The number of primary amides is 1. The van der Waals surface area contributed by atoms with Crippen LogP contribution in [0.15, 0.2) is 41.8 Å². The van der Waals surface area contributed by atoms with Crippen molar-refractivity contribution in [3.05, 3.63) is 58.1 Å². The number of hydrogen-bond acceptors (Lipinski definition) is 15. The topological polar surface area (TPSA) is 350 Å². The molecule has 2 aromatic rings. The summed E-state index contributed by atoms with van der Waals surface area (Å²) in [6.45, 7) is 16.3. The highest BCUT2D eigenvalue weighted by molar-refractivity contribution is 7.09. The molecule has 0 bridgehead atoms. The minimum Gasteiger partial charge on any atom is -0.481 e. The smallest absolute Gasteiger partial charge is 0.407 e. The van der Waals surface area contributed by atoms with Gasteiger partial charge >= 0.3 is 18.1 Å². The van der Waals surface area contributed by atoms with Gasteiger partial charge in [-0.1, -0.05) is 86.8 Å². The van der Waals surface area contributed by atoms with Gasteiger partial charge in [-0.25, -0.2) is 14.6 Å². The number of aliphatic carboxylic acids is 1. The summed E-state index contributed by atoms with van der Waals surface area (Å²) in [5.41, 5.74) is 6.26. The quantitative estimate of drug-likeness (QED) is 0.0314. The van der Waals surface area contributed by atoms with Crippen LogP contribution in [0.2, 0.25) is 0 Å². The maximum atomic E-state index is 14.8. The monoisotopic (exact) mass is 1230 g/mol. The molecule has 3 heterocycles. The van der Waals surface area contributed by atoms with Gasteiger partial charge in [0.1, 0.15) is 28.8 Å². The number of nitrogens with two attached hydrogens (primary N) is 1. The van der Waals surface area contributed by atoms with Crippen molar-refractivity contribution < 1.29 is 62.6 Å². The van der Waals surface area contributed by atoms with Gasteiger partial charge in [0.25, 0.3) is 17.7 Å². The first-order valence-electron chi connectivity index (χ1n) is 30.5. The first-order chi connectivity index (χ1) is 41.3. The number of amides is 11. The summed E-state index contributed by atoms with van der Waals surface area (Å²) in [6, 6.07) is 1.36. The zero-order chi connectivity index (χ0) is 64.5. The number of nitrogens with zero attached hydrogens (tertiary/aromatic N) is 4. The van der Waals surface area contributed by atoms with Gasteiger partial charge in [-0.3, -0.25) is 53.0 Å². The molecular formula is C61H94N12O13S. The SMILES string of the molecule is CCCN(C(=O)C(NC(=O)C1CCCCN1C)C(C)CC)C(CC(OC(=O)NC)c1nc(C(=O)NC(Cc2ccc(NC(=O)C(CCCNC(N)=O)NC(=O)C(NC(=O)CCCCCN3C(=O)C=CC3=O)C(C)C)cc2)CC(C)C(=O)O)cs1)C(C)C. The Balaban J connectivity index is 1.49. The molecule has 482 valence electrons. The van der Waals surface area contributed by atoms with E-state index in [0.29, 0.717) is 61.3 Å². The standard InChI is InChI=1S/C61H94N12O13S/c1-11-29-72(58(81)52(38(7)12-2)70-55(79)45-20-15-17-30-71(45)10)46(36(3)4)34-47(86-61(85)63-9)57-68-44(35-87-57)54(78)66-42(32-39(8)59(82)83)33-40-22-24-41(25-23-40)65-53(77)43(19-18-28-64-60(62)84)67-56(80)51(37(5)6)69-48(74)21-14-13-16-31-73-49(75)26-27-50(73)76/h22-27,35-39,42-43,45-47,51-52H,11-21,28-34H2,1-10H3,(H,63,85)(H,65,77)(H,66,78)(H,67,80)(H,69,74)(H,70,79)(H,82,83)(H3,62,64,84). The number of imide groups is 1. The van der Waals surface area contributed by atoms with Crippen molar-refractivity contribution in [1.29, 1.82) is 0 Å². The number of benzene rings is 1. The summed E-state index contributed by atoms with van der Waals surface area (Å²) in [7, 11) is 3.34. The Morgan fingerprint density at radius 2 is 1.53 bits per heavy atom. The fourth-order valence-corrected chi connectivity index (χ4v) is 11.4. The van der Waals surface area contributed by atoms with Gasteiger partial charge in [0, 0.05) is 74.8 Å². The number of alkyl carbamates (subject to hydrolysis) is 1. The molecule has 1 fully saturated rings. The van der Waals surface area contributed by atoms with Crippen LogP contribution in [0.3, 0.4) is 0 Å². The molecule has 2 aliphatic rings. The number of anilines is 1. The van der Waals surface area contributed by atoms with Crippen LogP contribution in [0, 0.1) is 23.7 Å². The van der Waals surface area contributed by atoms with Crippen LogP contribution in [0.5, 0.6) is 0 Å². The van der Waals surface area contributed by atoms with Crippen molar-refractivity contribution in [2.45, 2.75) is 188 Å². The Morgan fingerprint density at radius 3 is 2.13 bits per heavy atom. The van der Waals surface area contributed by atoms with Crippen LogP contribution in [-0.4, -0.2) is 167 Å². The molecule has 1 aromatic heterocycles. The van der Waals surface area contributed by atoms with E-state index in [4.69, 9.17) is 10.5 Å². The number of rotatable bonds is 36. The number of carboxylic acids is 1. The van der Waals surface area contributed by atoms with E-state index in [1.165, 1.54) is 31.5 Å². The number of unbranched alkanes of at least 4 members (excludes halogenated alkanes) is 2. The number of likely N-dealkylation sites (tertiary alicyclic amines) is 1. The van der Waals surface area contributed by atoms with Crippen molar-refractivity contribution >= 4 is 82.4 Å². The number of piperidine rings is 1. The Morgan fingerprint density at radius 1 is 0.839 bits per heavy atom. The van der Waals surface area contributed by atoms with E-state index in [1.807, 2.05) is 46.6 Å². The number of thiazole rings is 1. The molecule has 0 radical (unpaired) electrons. The van der Waals surface area contributed by atoms with Crippen LogP contribution in [0.4, 0.5) is 15.3 Å². The predicted octanol–water partition coefficient (Wildman–Crippen LogP) is 5.16. The van der Waals surface area contributed by atoms with Gasteiger partial charge in [-0.05, 0) is 107 Å². The van der Waals surface area contributed by atoms with Crippen LogP contribution >= 0.6 is 11.3 Å². The van der Waals surface area contributed by atoms with Crippen molar-refractivity contribution in [3.63, 3.8) is 0 Å². The van der Waals surface area contributed by atoms with Gasteiger partial charge in [-0.2, -0.15) is 0 Å². The average Bonchev–Trinajstić information content (AvgIpc) is 3.04. The molecule has 25 nitrogen and oxygen atoms in total. The molecule has 9 unspecified atom stereocenters. The maximum absolute atomic E-state index is 14.8. The highest BCUT2D eigenvalue weighted by Gasteiger charge is 2.39. The normalized spacial score (nSPS) is 17.0. The molecule has 2 aliphatic heterocycles. The number of aromatic nitrogens is 1. The van der Waals surface area contributed by atoms with Crippen LogP contribution < -0.4 is 43.0 Å². The van der Waals surface area contributed by atoms with E-state index < -0.39 is 84.0 Å². The Kier molecular flexibility index (Phi) is 29.8. The molecule has 0 aliphatic carbocycles. The van der Waals surface area contributed by atoms with E-state index in [-0.39, 0.29) is 105 Å². The average molecular weight is 1240 g/mol. The van der Waals surface area contributed by atoms with Crippen molar-refractivity contribution in [2.24, 2.45) is 29.4 Å². The van der Waals surface area contributed by atoms with Gasteiger partial charge in [0.05, 0.1) is 12.0 Å².